The fraction of sp³-hybridized carbons (Fsp3) is 0.417. The molecule has 0 aliphatic carbocycles. The Hall–Kier alpha value is -1.42. The van der Waals surface area contributed by atoms with Crippen molar-refractivity contribution in [3.8, 4) is 0 Å². The zero-order valence-electron chi connectivity index (χ0n) is 9.08. The van der Waals surface area contributed by atoms with Gasteiger partial charge in [-0.3, -0.25) is 4.79 Å². The Labute approximate surface area is 94.3 Å². The molecule has 16 heavy (non-hydrogen) atoms. The fourth-order valence-electron chi connectivity index (χ4n) is 1.85. The van der Waals surface area contributed by atoms with E-state index in [1.165, 1.54) is 12.1 Å². The Morgan fingerprint density at radius 2 is 2.31 bits per heavy atom. The van der Waals surface area contributed by atoms with Crippen molar-refractivity contribution in [2.24, 2.45) is 0 Å². The van der Waals surface area contributed by atoms with Crippen LogP contribution in [-0.4, -0.2) is 30.4 Å². The van der Waals surface area contributed by atoms with Crippen LogP contribution in [0.4, 0.5) is 4.39 Å². The highest BCUT2D eigenvalue weighted by Gasteiger charge is 2.16. The van der Waals surface area contributed by atoms with Gasteiger partial charge >= 0.3 is 0 Å². The minimum Gasteiger partial charge on any atom is -0.337 e. The van der Waals surface area contributed by atoms with E-state index in [9.17, 15) is 9.18 Å². The van der Waals surface area contributed by atoms with Crippen molar-refractivity contribution in [1.29, 1.82) is 0 Å². The van der Waals surface area contributed by atoms with Crippen LogP contribution in [0.1, 0.15) is 12.0 Å². The molecule has 2 rings (SSSR count). The van der Waals surface area contributed by atoms with Gasteiger partial charge in [-0.25, -0.2) is 4.39 Å². The van der Waals surface area contributed by atoms with Gasteiger partial charge in [0, 0.05) is 13.1 Å². The minimum absolute atomic E-state index is 0.0850. The van der Waals surface area contributed by atoms with Crippen LogP contribution in [0.5, 0.6) is 0 Å². The Balaban J connectivity index is 2.05. The highest BCUT2D eigenvalue weighted by molar-refractivity contribution is 5.78. The Bertz CT molecular complexity index is 381. The van der Waals surface area contributed by atoms with E-state index in [1.807, 2.05) is 6.07 Å². The maximum Gasteiger partial charge on any atom is 0.236 e. The summed E-state index contributed by atoms with van der Waals surface area (Å²) in [7, 11) is 0. The van der Waals surface area contributed by atoms with Crippen LogP contribution in [0.15, 0.2) is 24.3 Å². The quantitative estimate of drug-likeness (QED) is 0.814. The Morgan fingerprint density at radius 3 is 3.12 bits per heavy atom. The van der Waals surface area contributed by atoms with Crippen molar-refractivity contribution in [2.75, 3.05) is 19.6 Å². The van der Waals surface area contributed by atoms with Crippen LogP contribution in [0.2, 0.25) is 0 Å². The normalized spacial score (nSPS) is 17.3. The predicted molar refractivity (Wildman–Crippen MR) is 59.3 cm³/mol. The van der Waals surface area contributed by atoms with Gasteiger partial charge in [0.25, 0.3) is 0 Å². The van der Waals surface area contributed by atoms with Crippen LogP contribution in [0.25, 0.3) is 0 Å². The molecule has 0 spiro atoms. The number of halogens is 1. The van der Waals surface area contributed by atoms with Gasteiger partial charge in [0.15, 0.2) is 0 Å². The van der Waals surface area contributed by atoms with Crippen molar-refractivity contribution in [3.63, 3.8) is 0 Å². The van der Waals surface area contributed by atoms with Crippen molar-refractivity contribution in [1.82, 2.24) is 10.2 Å². The van der Waals surface area contributed by atoms with E-state index >= 15 is 0 Å². The van der Waals surface area contributed by atoms with Gasteiger partial charge in [-0.2, -0.15) is 0 Å². The van der Waals surface area contributed by atoms with Crippen molar-refractivity contribution < 1.29 is 9.18 Å². The molecule has 0 aromatic heterocycles. The molecule has 0 bridgehead atoms. The molecule has 1 aromatic rings. The molecule has 3 nitrogen and oxygen atoms in total. The minimum atomic E-state index is -0.252. The number of nitrogens with one attached hydrogen (secondary N) is 1. The molecule has 0 unspecified atom stereocenters. The molecule has 1 amide bonds. The smallest absolute Gasteiger partial charge is 0.236 e. The SMILES string of the molecule is O=C1CNCCCN1Cc1cccc(F)c1. The van der Waals surface area contributed by atoms with Crippen LogP contribution >= 0.6 is 0 Å². The van der Waals surface area contributed by atoms with E-state index in [0.29, 0.717) is 13.1 Å². The lowest BCUT2D eigenvalue weighted by Crippen LogP contribution is -2.34. The monoisotopic (exact) mass is 222 g/mol. The molecule has 1 aliphatic heterocycles. The molecule has 0 saturated carbocycles. The Kier molecular flexibility index (Phi) is 3.51. The second-order valence-electron chi connectivity index (χ2n) is 3.98. The average Bonchev–Trinajstić information content (AvgIpc) is 2.45. The molecule has 1 fully saturated rings. The Morgan fingerprint density at radius 1 is 1.44 bits per heavy atom. The second kappa shape index (κ2) is 5.07. The molecule has 1 aromatic carbocycles. The summed E-state index contributed by atoms with van der Waals surface area (Å²) in [6, 6.07) is 6.40. The average molecular weight is 222 g/mol. The number of hydrogen-bond donors (Lipinski definition) is 1. The summed E-state index contributed by atoms with van der Waals surface area (Å²) in [5, 5.41) is 3.06. The summed E-state index contributed by atoms with van der Waals surface area (Å²) in [6.45, 7) is 2.49. The van der Waals surface area contributed by atoms with Gasteiger partial charge in [-0.1, -0.05) is 12.1 Å². The topological polar surface area (TPSA) is 32.3 Å². The maximum absolute atomic E-state index is 13.0. The molecule has 86 valence electrons. The molecule has 0 radical (unpaired) electrons. The highest BCUT2D eigenvalue weighted by Crippen LogP contribution is 2.08. The molecular formula is C12H15FN2O. The number of benzene rings is 1. The lowest BCUT2D eigenvalue weighted by Gasteiger charge is -2.20. The summed E-state index contributed by atoms with van der Waals surface area (Å²) in [4.78, 5) is 13.4. The fourth-order valence-corrected chi connectivity index (χ4v) is 1.85. The number of nitrogens with zero attached hydrogens (tertiary/aromatic N) is 1. The molecule has 0 atom stereocenters. The number of hydrogen-bond acceptors (Lipinski definition) is 2. The first-order valence-electron chi connectivity index (χ1n) is 5.48. The number of amides is 1. The van der Waals surface area contributed by atoms with Crippen molar-refractivity contribution in [3.05, 3.63) is 35.6 Å². The number of rotatable bonds is 2. The first-order chi connectivity index (χ1) is 7.75. The second-order valence-corrected chi connectivity index (χ2v) is 3.98. The number of carbonyl (C=O) groups excluding carboxylic acids is 1. The summed E-state index contributed by atoms with van der Waals surface area (Å²) in [5.41, 5.74) is 0.843. The van der Waals surface area contributed by atoms with E-state index in [2.05, 4.69) is 5.32 Å². The molecule has 1 N–H and O–H groups in total. The third-order valence-electron chi connectivity index (χ3n) is 2.67. The van der Waals surface area contributed by atoms with E-state index in [1.54, 1.807) is 11.0 Å². The van der Waals surface area contributed by atoms with Crippen LogP contribution < -0.4 is 5.32 Å². The van der Waals surface area contributed by atoms with E-state index in [0.717, 1.165) is 25.1 Å². The van der Waals surface area contributed by atoms with Crippen LogP contribution in [0, 0.1) is 5.82 Å². The summed E-state index contributed by atoms with van der Waals surface area (Å²) >= 11 is 0. The summed E-state index contributed by atoms with van der Waals surface area (Å²) in [6.07, 6.45) is 0.945. The zero-order chi connectivity index (χ0) is 11.4. The third kappa shape index (κ3) is 2.79. The largest absolute Gasteiger partial charge is 0.337 e. The molecule has 1 saturated heterocycles. The third-order valence-corrected chi connectivity index (χ3v) is 2.67. The highest BCUT2D eigenvalue weighted by atomic mass is 19.1. The van der Waals surface area contributed by atoms with E-state index in [-0.39, 0.29) is 11.7 Å². The molecule has 4 heteroatoms. The maximum atomic E-state index is 13.0. The van der Waals surface area contributed by atoms with Crippen LogP contribution in [-0.2, 0) is 11.3 Å². The molecular weight excluding hydrogens is 207 g/mol. The molecule has 1 aliphatic rings. The van der Waals surface area contributed by atoms with Gasteiger partial charge in [-0.15, -0.1) is 0 Å². The predicted octanol–water partition coefficient (Wildman–Crippen LogP) is 1.15. The zero-order valence-corrected chi connectivity index (χ0v) is 9.08. The van der Waals surface area contributed by atoms with Crippen LogP contribution in [0.3, 0.4) is 0 Å². The first kappa shape index (κ1) is 11.1. The van der Waals surface area contributed by atoms with Gasteiger partial charge < -0.3 is 10.2 Å². The van der Waals surface area contributed by atoms with Crippen molar-refractivity contribution >= 4 is 5.91 Å². The first-order valence-corrected chi connectivity index (χ1v) is 5.48. The molecule has 1 heterocycles. The summed E-state index contributed by atoms with van der Waals surface area (Å²) < 4.78 is 13.0. The number of carbonyl (C=O) groups is 1. The van der Waals surface area contributed by atoms with Gasteiger partial charge in [0.1, 0.15) is 5.82 Å². The van der Waals surface area contributed by atoms with Crippen molar-refractivity contribution in [2.45, 2.75) is 13.0 Å². The van der Waals surface area contributed by atoms with Gasteiger partial charge in [-0.05, 0) is 30.7 Å². The standard InChI is InChI=1S/C12H15FN2O/c13-11-4-1-3-10(7-11)9-15-6-2-5-14-8-12(15)16/h1,3-4,7,14H,2,5-6,8-9H2. The summed E-state index contributed by atoms with van der Waals surface area (Å²) in [5.74, 6) is -0.167. The van der Waals surface area contributed by atoms with E-state index < -0.39 is 0 Å². The van der Waals surface area contributed by atoms with Gasteiger partial charge in [0.2, 0.25) is 5.91 Å². The van der Waals surface area contributed by atoms with Gasteiger partial charge in [0.05, 0.1) is 6.54 Å². The lowest BCUT2D eigenvalue weighted by atomic mass is 10.2. The lowest BCUT2D eigenvalue weighted by molar-refractivity contribution is -0.130. The van der Waals surface area contributed by atoms with E-state index in [4.69, 9.17) is 0 Å².